The molecule has 7 rings (SSSR count). The Labute approximate surface area is 583 Å². The van der Waals surface area contributed by atoms with E-state index in [0.29, 0.717) is 33.5 Å². The maximum atomic E-state index is 10.5. The van der Waals surface area contributed by atoms with Gasteiger partial charge in [0.2, 0.25) is 30.0 Å². The predicted octanol–water partition coefficient (Wildman–Crippen LogP) is 10.4. The number of halogens is 8. The van der Waals surface area contributed by atoms with Crippen LogP contribution in [0.25, 0.3) is 10.9 Å². The van der Waals surface area contributed by atoms with Crippen LogP contribution in [-0.2, 0) is 10.4 Å². The van der Waals surface area contributed by atoms with Crippen molar-refractivity contribution in [3.63, 3.8) is 0 Å². The largest absolute Gasteiger partial charge is 1.00 e. The molecule has 0 spiro atoms. The molecule has 0 aliphatic heterocycles. The third-order valence-electron chi connectivity index (χ3n) is 8.23. The second kappa shape index (κ2) is 61.7. The molecule has 0 unspecified atom stereocenters. The van der Waals surface area contributed by atoms with Crippen LogP contribution in [0.3, 0.4) is 0 Å². The Hall–Kier alpha value is -5.19. The van der Waals surface area contributed by atoms with Crippen LogP contribution in [0, 0.1) is 71.9 Å². The molecule has 0 amide bonds. The van der Waals surface area contributed by atoms with Crippen LogP contribution in [0.5, 0.6) is 29.4 Å². The van der Waals surface area contributed by atoms with Crippen LogP contribution in [0.15, 0.2) is 103 Å². The van der Waals surface area contributed by atoms with Gasteiger partial charge in [-0.25, -0.2) is 19.9 Å². The summed E-state index contributed by atoms with van der Waals surface area (Å²) in [5, 5.41) is 62.4. The number of fused-ring (bicyclic) bond motifs is 1. The number of pyridine rings is 6. The van der Waals surface area contributed by atoms with E-state index in [0.717, 1.165) is 50.1 Å². The quantitative estimate of drug-likeness (QED) is 0.00993. The van der Waals surface area contributed by atoms with Gasteiger partial charge in [-0.1, -0.05) is 68.1 Å². The maximum Gasteiger partial charge on any atom is 1.00 e. The fraction of sp³-hybridized carbons (Fsp3) is 0.347. The third-order valence-corrected chi connectivity index (χ3v) is 8.70. The van der Waals surface area contributed by atoms with E-state index >= 15 is 0 Å². The number of ether oxygens (including phenoxy) is 5. The van der Waals surface area contributed by atoms with Crippen molar-refractivity contribution < 1.29 is 116 Å². The molecule has 0 atom stereocenters. The first-order chi connectivity index (χ1) is 39.7. The smallest absolute Gasteiger partial charge is 0.857 e. The number of nitro groups is 2. The van der Waals surface area contributed by atoms with E-state index in [1.807, 2.05) is 76.5 Å². The Morgan fingerprint density at radius 2 is 0.989 bits per heavy atom. The molecule has 89 heavy (non-hydrogen) atoms. The minimum absolute atomic E-state index is 0. The van der Waals surface area contributed by atoms with Gasteiger partial charge in [-0.3, -0.25) is 39.7 Å². The average molecular weight is 1520 g/mol. The average Bonchev–Trinajstić information content (AvgIpc) is 3.58. The summed E-state index contributed by atoms with van der Waals surface area (Å²) in [5.41, 5.74) is 6.41. The van der Waals surface area contributed by atoms with Crippen molar-refractivity contribution in [3.05, 3.63) is 166 Å². The zero-order valence-corrected chi connectivity index (χ0v) is 58.6. The van der Waals surface area contributed by atoms with E-state index in [-0.39, 0.29) is 85.7 Å². The molecule has 0 bridgehead atoms. The van der Waals surface area contributed by atoms with Gasteiger partial charge in [0, 0.05) is 57.6 Å². The molecule has 40 heteroatoms. The molecule has 500 valence electrons. The summed E-state index contributed by atoms with van der Waals surface area (Å²) in [5.74, 6) is 0.859. The minimum Gasteiger partial charge on any atom is -0.857 e. The molecule has 0 saturated carbocycles. The molecular weight excluding hydrogens is 1450 g/mol. The number of nitrogens with one attached hydrogen (secondary N) is 1. The van der Waals surface area contributed by atoms with Crippen molar-refractivity contribution in [2.45, 2.75) is 63.8 Å². The van der Waals surface area contributed by atoms with E-state index < -0.39 is 31.3 Å². The van der Waals surface area contributed by atoms with Crippen LogP contribution in [0.4, 0.5) is 11.4 Å². The molecule has 29 nitrogen and oxygen atoms in total. The number of hydrogen-bond donors (Lipinski definition) is 6. The summed E-state index contributed by atoms with van der Waals surface area (Å²) < 4.78 is 58.3. The Morgan fingerprint density at radius 3 is 1.35 bits per heavy atom. The normalized spacial score (nSPS) is 8.72. The number of aryl methyl sites for hydroxylation is 6. The minimum atomic E-state index is -4.67. The van der Waals surface area contributed by atoms with Crippen molar-refractivity contribution >= 4 is 135 Å². The van der Waals surface area contributed by atoms with Gasteiger partial charge in [0.25, 0.3) is 16.5 Å². The molecule has 7 aromatic rings. The molecule has 7 aromatic heterocycles. The van der Waals surface area contributed by atoms with Gasteiger partial charge in [-0.2, -0.15) is 15.5 Å². The molecule has 6 N–H and O–H groups in total. The number of rotatable bonds is 7. The van der Waals surface area contributed by atoms with Crippen LogP contribution in [-0.4, -0.2) is 126 Å². The molecule has 0 fully saturated rings. The molecule has 7 heterocycles. The second-order valence-corrected chi connectivity index (χ2v) is 22.5. The van der Waals surface area contributed by atoms with Crippen LogP contribution < -0.4 is 67.8 Å². The number of nitrogens with zero attached hydrogens (tertiary/aromatic N) is 9. The van der Waals surface area contributed by atoms with E-state index in [1.54, 1.807) is 45.8 Å². The van der Waals surface area contributed by atoms with Crippen LogP contribution >= 0.6 is 102 Å². The standard InChI is InChI=1S/C9H10N2O.C7H9N2O4.C7H8N2O3.C7H10NO2.C7H9NO.C6H6BrN.2CH2Cl2.CH3O.3CH4.Cl3P.HNO3.Na.H2O4S/c1-6-5-11-9(12-2)7-3-4-10-8(6)7;1-5-4-8(10)7(13-2)3-6(5)9(11)12;1-5-4-8-7(12-2)3-6(5)9(10)11;1-6-3-4-7(10-2)8(9)5-6;1-6-3-4-7(9-2)8-5-6;1-5-2-3-6(7)8-4-5;2*2-1-3;1-2;;;;1-4(2)3;2-1(3)4;;1-5(2,3)4/h3-5,10H,1-2H3;3-4,10H,1-2H3;3-4H,1-2H3;3-5,9H,1-2H3;3-5H,1-2H3;2-4H,1H3;2*1H2;1H3;3*1H4;;(H,2,3,4);;(H2,1,2,3,4)/q;+1;;+1;;;;;-1;;;;;;+1;. The molecule has 0 aromatic carbocycles. The van der Waals surface area contributed by atoms with Crippen molar-refractivity contribution in [1.29, 1.82) is 0 Å². The molecule has 0 aliphatic carbocycles. The van der Waals surface area contributed by atoms with Gasteiger partial charge in [0.15, 0.2) is 5.98 Å². The maximum absolute atomic E-state index is 10.5. The second-order valence-electron chi connectivity index (χ2n) is 14.2. The van der Waals surface area contributed by atoms with Gasteiger partial charge >= 0.3 is 51.7 Å². The summed E-state index contributed by atoms with van der Waals surface area (Å²) in [7, 11) is 3.57. The van der Waals surface area contributed by atoms with Crippen molar-refractivity contribution in [2.75, 3.05) is 53.3 Å². The monoisotopic (exact) mass is 1520 g/mol. The van der Waals surface area contributed by atoms with Crippen molar-refractivity contribution in [3.8, 4) is 29.4 Å². The van der Waals surface area contributed by atoms with E-state index in [4.69, 9.17) is 152 Å². The molecular formula is C49H74BrCl7N10NaO19PS+2. The van der Waals surface area contributed by atoms with Gasteiger partial charge in [0.05, 0.1) is 84.7 Å². The number of H-pyrrole nitrogens is 1. The molecule has 0 saturated heterocycles. The number of hydrogen-bond acceptors (Lipinski definition) is 20. The zero-order chi connectivity index (χ0) is 67.0. The van der Waals surface area contributed by atoms with Crippen molar-refractivity contribution in [1.82, 2.24) is 24.9 Å². The SMILES string of the molecule is C.C.C.COc1cc([N+](=O)[O-])c(C)c[n+]1O.COc1cc([N+](=O)[O-])c(C)cn1.COc1ccc(C)c[n+]1O.COc1ccc(C)cn1.COc1ncc(C)c2[nH]ccc12.C[O-].Cc1ccc(Br)nc1.ClCCl.ClCCl.ClP(Cl)Cl.O=S(=O)(O)O.O=[N+]([O-])O.[Na+]. The first kappa shape index (κ1) is 103. The Kier molecular flexibility index (Phi) is 71.1. The molecule has 0 radical (unpaired) electrons. The number of methoxy groups -OCH3 is 5. The topological polar surface area (TPSA) is 409 Å². The van der Waals surface area contributed by atoms with Gasteiger partial charge in [0.1, 0.15) is 10.7 Å². The third kappa shape index (κ3) is 56.5. The number of aromatic amines is 1. The summed E-state index contributed by atoms with van der Waals surface area (Å²) in [6.45, 7) is 11.1. The fourth-order valence-electron chi connectivity index (χ4n) is 4.85. The Bertz CT molecular complexity index is 3040. The van der Waals surface area contributed by atoms with Gasteiger partial charge in [-0.15, -0.1) is 56.5 Å². The van der Waals surface area contributed by atoms with Gasteiger partial charge < -0.3 is 39.0 Å². The number of aromatic nitrogens is 7. The first-order valence-corrected chi connectivity index (χ1v) is 30.4. The van der Waals surface area contributed by atoms with Gasteiger partial charge in [-0.05, 0) is 92.4 Å². The number of alkyl halides is 4. The van der Waals surface area contributed by atoms with Crippen molar-refractivity contribution in [2.24, 2.45) is 0 Å². The van der Waals surface area contributed by atoms with Crippen LogP contribution in [0.2, 0.25) is 0 Å². The summed E-state index contributed by atoms with van der Waals surface area (Å²) >= 11 is 36.9. The van der Waals surface area contributed by atoms with Crippen LogP contribution in [0.1, 0.15) is 55.7 Å². The zero-order valence-electron chi connectivity index (χ0n) is 48.0. The Morgan fingerprint density at radius 1 is 0.596 bits per heavy atom. The Balaban J connectivity index is -0.000000115. The first-order valence-electron chi connectivity index (χ1n) is 22.0. The summed E-state index contributed by atoms with van der Waals surface area (Å²) in [6, 6.07) is 15.7. The predicted molar refractivity (Wildman–Crippen MR) is 345 cm³/mol. The van der Waals surface area contributed by atoms with E-state index in [9.17, 15) is 20.2 Å². The fourth-order valence-corrected chi connectivity index (χ4v) is 5.09. The molecule has 0 aliphatic rings. The summed E-state index contributed by atoms with van der Waals surface area (Å²) in [4.78, 5) is 47.3. The van der Waals surface area contributed by atoms with E-state index in [2.05, 4.69) is 40.8 Å². The van der Waals surface area contributed by atoms with E-state index in [1.165, 1.54) is 52.3 Å². The summed E-state index contributed by atoms with van der Waals surface area (Å²) in [6.07, 6.45) is 11.5.